The van der Waals surface area contributed by atoms with E-state index in [0.29, 0.717) is 9.13 Å². The molecule has 0 radical (unpaired) electrons. The monoisotopic (exact) mass is 502 g/mol. The number of carbonyl (C=O) groups is 1. The van der Waals surface area contributed by atoms with Gasteiger partial charge in [-0.25, -0.2) is 5.43 Å². The molecule has 0 atom stereocenters. The molecule has 0 aliphatic carbocycles. The third-order valence-electron chi connectivity index (χ3n) is 4.67. The SMILES string of the molecule is Cc1cc(C=NNC(=O)c2ccc(I)c(O)c2)c(C)n1-c1ccc(N(C)C)cc1. The number of carbonyl (C=O) groups excluding carboxylic acids is 1. The molecule has 0 spiro atoms. The van der Waals surface area contributed by atoms with Gasteiger partial charge in [-0.15, -0.1) is 0 Å². The fraction of sp³-hybridized carbons (Fsp3) is 0.182. The average molecular weight is 502 g/mol. The molecular formula is C22H23IN4O2. The Morgan fingerprint density at radius 1 is 1.14 bits per heavy atom. The van der Waals surface area contributed by atoms with Crippen LogP contribution < -0.4 is 10.3 Å². The highest BCUT2D eigenvalue weighted by molar-refractivity contribution is 14.1. The summed E-state index contributed by atoms with van der Waals surface area (Å²) >= 11 is 2.00. The van der Waals surface area contributed by atoms with Crippen LogP contribution in [0.5, 0.6) is 5.75 Å². The number of aryl methyl sites for hydroxylation is 1. The van der Waals surface area contributed by atoms with Crippen LogP contribution in [0, 0.1) is 17.4 Å². The zero-order chi connectivity index (χ0) is 21.1. The highest BCUT2D eigenvalue weighted by Crippen LogP contribution is 2.22. The van der Waals surface area contributed by atoms with E-state index in [4.69, 9.17) is 0 Å². The summed E-state index contributed by atoms with van der Waals surface area (Å²) in [6.45, 7) is 4.06. The van der Waals surface area contributed by atoms with Crippen molar-refractivity contribution in [3.05, 3.63) is 74.6 Å². The Morgan fingerprint density at radius 2 is 1.83 bits per heavy atom. The van der Waals surface area contributed by atoms with Crippen molar-refractivity contribution in [1.82, 2.24) is 9.99 Å². The standard InChI is InChI=1S/C22H23IN4O2/c1-14-11-17(13-24-25-22(29)16-5-10-20(23)21(28)12-16)15(2)27(14)19-8-6-18(7-9-19)26(3)4/h5-13,28H,1-4H3,(H,25,29). The lowest BCUT2D eigenvalue weighted by Crippen LogP contribution is -2.17. The molecule has 1 heterocycles. The minimum absolute atomic E-state index is 0.0751. The van der Waals surface area contributed by atoms with Crippen molar-refractivity contribution in [2.45, 2.75) is 13.8 Å². The summed E-state index contributed by atoms with van der Waals surface area (Å²) in [4.78, 5) is 14.3. The Bertz CT molecular complexity index is 1070. The molecule has 2 aromatic carbocycles. The van der Waals surface area contributed by atoms with Gasteiger partial charge in [-0.2, -0.15) is 5.10 Å². The van der Waals surface area contributed by atoms with Gasteiger partial charge in [0.15, 0.2) is 0 Å². The number of halogens is 1. The Morgan fingerprint density at radius 3 is 2.45 bits per heavy atom. The quantitative estimate of drug-likeness (QED) is 0.312. The van der Waals surface area contributed by atoms with Gasteiger partial charge in [0.05, 0.1) is 9.78 Å². The lowest BCUT2D eigenvalue weighted by Gasteiger charge is -2.14. The van der Waals surface area contributed by atoms with Gasteiger partial charge < -0.3 is 14.6 Å². The second-order valence-corrected chi connectivity index (χ2v) is 8.10. The molecule has 7 heteroatoms. The first-order chi connectivity index (χ1) is 13.8. The zero-order valence-corrected chi connectivity index (χ0v) is 18.9. The van der Waals surface area contributed by atoms with Crippen LogP contribution in [0.25, 0.3) is 5.69 Å². The summed E-state index contributed by atoms with van der Waals surface area (Å²) in [6.07, 6.45) is 1.64. The fourth-order valence-corrected chi connectivity index (χ4v) is 3.43. The number of hydrogen-bond donors (Lipinski definition) is 2. The van der Waals surface area contributed by atoms with Crippen molar-refractivity contribution >= 4 is 40.4 Å². The number of rotatable bonds is 5. The number of anilines is 1. The van der Waals surface area contributed by atoms with Crippen LogP contribution in [0.15, 0.2) is 53.6 Å². The molecular weight excluding hydrogens is 479 g/mol. The molecule has 2 N–H and O–H groups in total. The number of phenols is 1. The molecule has 0 fully saturated rings. The van der Waals surface area contributed by atoms with Gasteiger partial charge in [0.2, 0.25) is 0 Å². The van der Waals surface area contributed by atoms with E-state index in [9.17, 15) is 9.90 Å². The molecule has 0 unspecified atom stereocenters. The third-order valence-corrected chi connectivity index (χ3v) is 5.58. The average Bonchev–Trinajstić information content (AvgIpc) is 2.97. The van der Waals surface area contributed by atoms with Crippen LogP contribution in [0.3, 0.4) is 0 Å². The van der Waals surface area contributed by atoms with E-state index in [2.05, 4.69) is 44.3 Å². The predicted molar refractivity (Wildman–Crippen MR) is 125 cm³/mol. The van der Waals surface area contributed by atoms with Crippen molar-refractivity contribution < 1.29 is 9.90 Å². The molecule has 0 aliphatic rings. The smallest absolute Gasteiger partial charge is 0.271 e. The number of phenolic OH excluding ortho intramolecular Hbond substituents is 1. The van der Waals surface area contributed by atoms with E-state index in [0.717, 1.165) is 28.3 Å². The van der Waals surface area contributed by atoms with Crippen LogP contribution in [0.1, 0.15) is 27.3 Å². The molecule has 0 saturated heterocycles. The van der Waals surface area contributed by atoms with E-state index in [1.54, 1.807) is 18.3 Å². The number of aromatic nitrogens is 1. The largest absolute Gasteiger partial charge is 0.507 e. The first-order valence-corrected chi connectivity index (χ1v) is 10.1. The molecule has 3 rings (SSSR count). The summed E-state index contributed by atoms with van der Waals surface area (Å²) in [5.74, 6) is -0.299. The van der Waals surface area contributed by atoms with Gasteiger partial charge in [0, 0.05) is 48.0 Å². The van der Waals surface area contributed by atoms with Crippen molar-refractivity contribution in [3.63, 3.8) is 0 Å². The maximum absolute atomic E-state index is 12.2. The maximum atomic E-state index is 12.2. The van der Waals surface area contributed by atoms with Crippen molar-refractivity contribution in [2.75, 3.05) is 19.0 Å². The first-order valence-electron chi connectivity index (χ1n) is 9.06. The zero-order valence-electron chi connectivity index (χ0n) is 16.8. The summed E-state index contributed by atoms with van der Waals surface area (Å²) < 4.78 is 2.84. The second kappa shape index (κ2) is 8.69. The van der Waals surface area contributed by atoms with E-state index < -0.39 is 0 Å². The predicted octanol–water partition coefficient (Wildman–Crippen LogP) is 4.23. The minimum atomic E-state index is -0.374. The topological polar surface area (TPSA) is 69.9 Å². The molecule has 1 aromatic heterocycles. The van der Waals surface area contributed by atoms with E-state index >= 15 is 0 Å². The van der Waals surface area contributed by atoms with Crippen LogP contribution in [-0.2, 0) is 0 Å². The summed E-state index contributed by atoms with van der Waals surface area (Å²) in [5, 5.41) is 13.8. The van der Waals surface area contributed by atoms with Crippen molar-refractivity contribution in [1.29, 1.82) is 0 Å². The Kier molecular flexibility index (Phi) is 6.26. The summed E-state index contributed by atoms with van der Waals surface area (Å²) in [5.41, 5.74) is 8.11. The minimum Gasteiger partial charge on any atom is -0.507 e. The molecule has 1 amide bonds. The second-order valence-electron chi connectivity index (χ2n) is 6.94. The van der Waals surface area contributed by atoms with Gasteiger partial charge >= 0.3 is 0 Å². The van der Waals surface area contributed by atoms with Crippen LogP contribution in [0.4, 0.5) is 5.69 Å². The van der Waals surface area contributed by atoms with Crippen LogP contribution in [-0.4, -0.2) is 35.9 Å². The molecule has 29 heavy (non-hydrogen) atoms. The number of amides is 1. The van der Waals surface area contributed by atoms with Gasteiger partial charge in [-0.1, -0.05) is 0 Å². The van der Waals surface area contributed by atoms with Gasteiger partial charge in [-0.05, 0) is 85.0 Å². The van der Waals surface area contributed by atoms with E-state index in [-0.39, 0.29) is 11.7 Å². The fourth-order valence-electron chi connectivity index (χ4n) is 3.09. The molecule has 0 saturated carbocycles. The Hall–Kier alpha value is -2.81. The normalized spacial score (nSPS) is 11.1. The van der Waals surface area contributed by atoms with E-state index in [1.165, 1.54) is 6.07 Å². The number of nitrogens with zero attached hydrogens (tertiary/aromatic N) is 3. The molecule has 6 nitrogen and oxygen atoms in total. The molecule has 0 aliphatic heterocycles. The van der Waals surface area contributed by atoms with Gasteiger partial charge in [0.25, 0.3) is 5.91 Å². The Balaban J connectivity index is 1.77. The number of aromatic hydroxyl groups is 1. The van der Waals surface area contributed by atoms with Crippen molar-refractivity contribution in [3.8, 4) is 11.4 Å². The maximum Gasteiger partial charge on any atom is 0.271 e. The molecule has 150 valence electrons. The van der Waals surface area contributed by atoms with Gasteiger partial charge in [0.1, 0.15) is 5.75 Å². The number of nitrogens with one attached hydrogen (secondary N) is 1. The number of hydrazone groups is 1. The Labute approximate surface area is 184 Å². The first kappa shape index (κ1) is 20.9. The van der Waals surface area contributed by atoms with Crippen molar-refractivity contribution in [2.24, 2.45) is 5.10 Å². The van der Waals surface area contributed by atoms with Gasteiger partial charge in [-0.3, -0.25) is 4.79 Å². The highest BCUT2D eigenvalue weighted by Gasteiger charge is 2.11. The van der Waals surface area contributed by atoms with Crippen LogP contribution >= 0.6 is 22.6 Å². The third kappa shape index (κ3) is 4.61. The lowest BCUT2D eigenvalue weighted by molar-refractivity contribution is 0.0954. The molecule has 0 bridgehead atoms. The molecule has 3 aromatic rings. The number of hydrogen-bond acceptors (Lipinski definition) is 4. The summed E-state index contributed by atoms with van der Waals surface area (Å²) in [7, 11) is 4.03. The van der Waals surface area contributed by atoms with E-state index in [1.807, 2.05) is 56.6 Å². The summed E-state index contributed by atoms with van der Waals surface area (Å²) in [6, 6.07) is 15.1. The lowest BCUT2D eigenvalue weighted by atomic mass is 10.2. The van der Waals surface area contributed by atoms with Crippen LogP contribution in [0.2, 0.25) is 0 Å². The highest BCUT2D eigenvalue weighted by atomic mass is 127. The number of benzene rings is 2.